The van der Waals surface area contributed by atoms with E-state index in [9.17, 15) is 9.18 Å². The van der Waals surface area contributed by atoms with E-state index < -0.39 is 5.95 Å². The lowest BCUT2D eigenvalue weighted by atomic mass is 9.71. The van der Waals surface area contributed by atoms with Crippen molar-refractivity contribution < 1.29 is 18.7 Å². The average molecular weight is 654 g/mol. The molecule has 4 aromatic rings. The van der Waals surface area contributed by atoms with Crippen molar-refractivity contribution in [2.75, 3.05) is 56.2 Å². The summed E-state index contributed by atoms with van der Waals surface area (Å²) in [6.07, 6.45) is 8.11. The molecule has 2 bridgehead atoms. The number of likely N-dealkylation sites (tertiary alicyclic amines) is 1. The Morgan fingerprint density at radius 2 is 1.79 bits per heavy atom. The van der Waals surface area contributed by atoms with E-state index in [1.54, 1.807) is 12.1 Å². The molecule has 0 aliphatic carbocycles. The molecule has 10 nitrogen and oxygen atoms in total. The Labute approximate surface area is 280 Å². The molecule has 0 saturated carbocycles. The first-order valence-electron chi connectivity index (χ1n) is 17.5. The lowest BCUT2D eigenvalue weighted by Crippen LogP contribution is -2.54. The number of piperidine rings is 2. The lowest BCUT2D eigenvalue weighted by molar-refractivity contribution is -0.0834. The predicted molar refractivity (Wildman–Crippen MR) is 183 cm³/mol. The highest BCUT2D eigenvalue weighted by Gasteiger charge is 2.40. The summed E-state index contributed by atoms with van der Waals surface area (Å²) in [4.78, 5) is 32.3. The third-order valence-electron chi connectivity index (χ3n) is 11.1. The van der Waals surface area contributed by atoms with Gasteiger partial charge in [0.25, 0.3) is 5.91 Å². The number of ether oxygens (including phenoxy) is 2. The zero-order valence-corrected chi connectivity index (χ0v) is 27.9. The van der Waals surface area contributed by atoms with Crippen molar-refractivity contribution in [1.29, 1.82) is 0 Å². The van der Waals surface area contributed by atoms with Crippen LogP contribution >= 0.6 is 0 Å². The number of halogens is 1. The number of rotatable bonds is 2. The molecular weight excluding hydrogens is 609 g/mol. The van der Waals surface area contributed by atoms with Gasteiger partial charge in [-0.3, -0.25) is 20.0 Å². The van der Waals surface area contributed by atoms with Gasteiger partial charge in [0.1, 0.15) is 5.75 Å². The number of nitrogens with one attached hydrogen (secondary N) is 1. The van der Waals surface area contributed by atoms with Crippen LogP contribution in [-0.4, -0.2) is 82.4 Å². The maximum absolute atomic E-state index is 14.1. The standard InChI is InChI=1S/C37H44FN7O3/c1-24-4-3-15-48-33-19-34(38)39-20-29(33)31-17-26(16-25(2)40-31)35(46)42-36-41-30-6-5-27(18-32(30)45(36)21-24)43-11-7-37(8-12-43)9-13-44(14-10-37)28-22-47-23-28/h5-6,16-20,24,28H,3-4,7-15,21-23H2,1-2H3,(H,41,42,46)/t24-/m1/s1. The number of nitrogens with zero attached hydrogens (tertiary/aromatic N) is 6. The first-order valence-corrected chi connectivity index (χ1v) is 17.5. The Morgan fingerprint density at radius 1 is 1.00 bits per heavy atom. The normalized spacial score (nSPS) is 22.2. The van der Waals surface area contributed by atoms with Crippen LogP contribution in [0, 0.1) is 24.2 Å². The highest BCUT2D eigenvalue weighted by atomic mass is 19.1. The fourth-order valence-electron chi connectivity index (χ4n) is 7.98. The van der Waals surface area contributed by atoms with E-state index in [1.165, 1.54) is 56.7 Å². The van der Waals surface area contributed by atoms with Gasteiger partial charge in [-0.25, -0.2) is 9.97 Å². The smallest absolute Gasteiger partial charge is 0.258 e. The molecule has 48 heavy (non-hydrogen) atoms. The zero-order valence-electron chi connectivity index (χ0n) is 27.9. The summed E-state index contributed by atoms with van der Waals surface area (Å²) in [5, 5.41) is 3.12. The van der Waals surface area contributed by atoms with Gasteiger partial charge in [-0.05, 0) is 100 Å². The van der Waals surface area contributed by atoms with E-state index in [-0.39, 0.29) is 11.8 Å². The second-order valence-corrected chi connectivity index (χ2v) is 14.4. The monoisotopic (exact) mass is 653 g/mol. The second-order valence-electron chi connectivity index (χ2n) is 14.4. The van der Waals surface area contributed by atoms with Crippen LogP contribution in [0.3, 0.4) is 0 Å². The average Bonchev–Trinajstić information content (AvgIpc) is 3.38. The van der Waals surface area contributed by atoms with Crippen molar-refractivity contribution in [3.8, 4) is 17.0 Å². The van der Waals surface area contributed by atoms with Gasteiger partial charge in [0, 0.05) is 48.8 Å². The van der Waals surface area contributed by atoms with Gasteiger partial charge < -0.3 is 18.9 Å². The summed E-state index contributed by atoms with van der Waals surface area (Å²) in [5.41, 5.74) is 5.70. The van der Waals surface area contributed by atoms with Crippen LogP contribution in [0.1, 0.15) is 61.5 Å². The number of hydrogen-bond donors (Lipinski definition) is 1. The van der Waals surface area contributed by atoms with E-state index in [4.69, 9.17) is 14.5 Å². The summed E-state index contributed by atoms with van der Waals surface area (Å²) in [6.45, 7) is 11.5. The van der Waals surface area contributed by atoms with E-state index in [2.05, 4.69) is 54.8 Å². The SMILES string of the molecule is Cc1cc2cc(n1)-c1cnc(F)cc1OCCC[C@@H](C)Cn1c(nc3ccc(N4CCC5(CC4)CCN(C4COC4)CC5)cc31)NC2=O. The quantitative estimate of drug-likeness (QED) is 0.260. The number of aromatic nitrogens is 4. The third kappa shape index (κ3) is 6.14. The molecular formula is C37H44FN7O3. The van der Waals surface area contributed by atoms with E-state index in [0.717, 1.165) is 50.2 Å². The number of hydrogen-bond acceptors (Lipinski definition) is 8. The molecule has 11 heteroatoms. The van der Waals surface area contributed by atoms with Crippen molar-refractivity contribution in [2.24, 2.45) is 11.3 Å². The van der Waals surface area contributed by atoms with Gasteiger partial charge in [0.05, 0.1) is 48.2 Å². The molecule has 4 aliphatic rings. The maximum Gasteiger partial charge on any atom is 0.258 e. The predicted octanol–water partition coefficient (Wildman–Crippen LogP) is 6.08. The minimum Gasteiger partial charge on any atom is -0.493 e. The zero-order chi connectivity index (χ0) is 32.8. The lowest BCUT2D eigenvalue weighted by Gasteiger charge is -2.50. The maximum atomic E-state index is 14.1. The number of anilines is 2. The van der Waals surface area contributed by atoms with Crippen LogP contribution in [-0.2, 0) is 11.3 Å². The molecule has 252 valence electrons. The fourth-order valence-corrected chi connectivity index (χ4v) is 7.98. The van der Waals surface area contributed by atoms with Gasteiger partial charge in [-0.15, -0.1) is 0 Å². The highest BCUT2D eigenvalue weighted by molar-refractivity contribution is 6.05. The second kappa shape index (κ2) is 12.7. The van der Waals surface area contributed by atoms with Gasteiger partial charge >= 0.3 is 0 Å². The Bertz CT molecular complexity index is 1820. The molecule has 0 radical (unpaired) electrons. The van der Waals surface area contributed by atoms with Crippen molar-refractivity contribution in [2.45, 2.75) is 65.0 Å². The minimum absolute atomic E-state index is 0.279. The highest BCUT2D eigenvalue weighted by Crippen LogP contribution is 2.43. The number of fused-ring (bicyclic) bond motifs is 7. The minimum atomic E-state index is -0.619. The van der Waals surface area contributed by atoms with Crippen LogP contribution in [0.15, 0.2) is 42.6 Å². The fraction of sp³-hybridized carbons (Fsp3) is 0.514. The molecule has 1 atom stereocenters. The molecule has 0 unspecified atom stereocenters. The van der Waals surface area contributed by atoms with E-state index in [1.807, 2.05) is 6.92 Å². The summed E-state index contributed by atoms with van der Waals surface area (Å²) >= 11 is 0. The molecule has 3 aromatic heterocycles. The number of benzene rings is 1. The van der Waals surface area contributed by atoms with Crippen molar-refractivity contribution in [3.05, 3.63) is 59.8 Å². The van der Waals surface area contributed by atoms with Crippen molar-refractivity contribution in [1.82, 2.24) is 24.4 Å². The third-order valence-corrected chi connectivity index (χ3v) is 11.1. The molecule has 1 amide bonds. The van der Waals surface area contributed by atoms with Gasteiger partial charge in [0.2, 0.25) is 11.9 Å². The molecule has 1 aromatic carbocycles. The number of carbonyl (C=O) groups excluding carboxylic acids is 1. The van der Waals surface area contributed by atoms with Crippen LogP contribution in [0.5, 0.6) is 5.75 Å². The first-order chi connectivity index (χ1) is 23.3. The Balaban J connectivity index is 1.06. The Kier molecular flexibility index (Phi) is 8.28. The van der Waals surface area contributed by atoms with E-state index in [0.29, 0.717) is 58.8 Å². The molecule has 1 spiro atoms. The molecule has 8 rings (SSSR count). The van der Waals surface area contributed by atoms with Gasteiger partial charge in [-0.1, -0.05) is 6.92 Å². The van der Waals surface area contributed by atoms with Gasteiger partial charge in [-0.2, -0.15) is 4.39 Å². The van der Waals surface area contributed by atoms with E-state index >= 15 is 0 Å². The largest absolute Gasteiger partial charge is 0.493 e. The number of imidazole rings is 1. The van der Waals surface area contributed by atoms with Crippen LogP contribution in [0.25, 0.3) is 22.3 Å². The molecule has 3 fully saturated rings. The number of amides is 1. The molecule has 7 heterocycles. The topological polar surface area (TPSA) is 97.6 Å². The van der Waals surface area contributed by atoms with Crippen molar-refractivity contribution in [3.63, 3.8) is 0 Å². The first kappa shape index (κ1) is 31.2. The molecule has 4 aliphatic heterocycles. The Hall–Kier alpha value is -4.09. The summed E-state index contributed by atoms with van der Waals surface area (Å²) in [6, 6.07) is 11.9. The summed E-state index contributed by atoms with van der Waals surface area (Å²) in [5.74, 6) is 0.286. The van der Waals surface area contributed by atoms with Crippen LogP contribution in [0.2, 0.25) is 0 Å². The van der Waals surface area contributed by atoms with Crippen LogP contribution < -0.4 is 15.0 Å². The number of carbonyl (C=O) groups is 1. The van der Waals surface area contributed by atoms with Gasteiger partial charge in [0.15, 0.2) is 0 Å². The Morgan fingerprint density at radius 3 is 2.56 bits per heavy atom. The molecule has 1 N–H and O–H groups in total. The van der Waals surface area contributed by atoms with Crippen LogP contribution in [0.4, 0.5) is 16.0 Å². The molecule has 3 saturated heterocycles. The summed E-state index contributed by atoms with van der Waals surface area (Å²) in [7, 11) is 0. The number of aryl methyl sites for hydroxylation is 1. The van der Waals surface area contributed by atoms with Crippen molar-refractivity contribution >= 4 is 28.6 Å². The summed E-state index contributed by atoms with van der Waals surface area (Å²) < 4.78 is 27.8. The number of pyridine rings is 2.